The molecule has 1 N–H and O–H groups in total. The van der Waals surface area contributed by atoms with Crippen molar-refractivity contribution in [3.8, 4) is 17.2 Å². The van der Waals surface area contributed by atoms with Crippen molar-refractivity contribution < 1.29 is 24.1 Å². The van der Waals surface area contributed by atoms with E-state index in [-0.39, 0.29) is 0 Å². The lowest BCUT2D eigenvalue weighted by atomic mass is 10.2. The van der Waals surface area contributed by atoms with Gasteiger partial charge in [-0.3, -0.25) is 0 Å². The highest BCUT2D eigenvalue weighted by Crippen LogP contribution is 2.28. The monoisotopic (exact) mass is 314 g/mol. The molecule has 0 aromatic heterocycles. The molecule has 0 aliphatic carbocycles. The average molecular weight is 314 g/mol. The van der Waals surface area contributed by atoms with Crippen molar-refractivity contribution in [2.24, 2.45) is 0 Å². The molecule has 120 valence electrons. The molecule has 0 radical (unpaired) electrons. The maximum atomic E-state index is 10.5. The first-order valence-electron chi connectivity index (χ1n) is 7.09. The number of benzene rings is 2. The Labute approximate surface area is 134 Å². The van der Waals surface area contributed by atoms with Gasteiger partial charge in [-0.25, -0.2) is 4.79 Å². The Morgan fingerprint density at radius 3 is 2.48 bits per heavy atom. The Morgan fingerprint density at radius 1 is 1.04 bits per heavy atom. The molecule has 0 aliphatic rings. The van der Waals surface area contributed by atoms with E-state index in [1.807, 2.05) is 30.3 Å². The van der Waals surface area contributed by atoms with Gasteiger partial charge in [0.2, 0.25) is 0 Å². The molecule has 0 heterocycles. The Morgan fingerprint density at radius 2 is 1.78 bits per heavy atom. The maximum Gasteiger partial charge on any atom is 0.328 e. The zero-order chi connectivity index (χ0) is 16.5. The molecule has 5 nitrogen and oxygen atoms in total. The Kier molecular flexibility index (Phi) is 6.06. The van der Waals surface area contributed by atoms with Crippen molar-refractivity contribution in [1.29, 1.82) is 0 Å². The second-order valence-electron chi connectivity index (χ2n) is 4.59. The van der Waals surface area contributed by atoms with Crippen molar-refractivity contribution in [2.45, 2.75) is 0 Å². The highest BCUT2D eigenvalue weighted by molar-refractivity contribution is 5.85. The van der Waals surface area contributed by atoms with Gasteiger partial charge in [-0.2, -0.15) is 0 Å². The van der Waals surface area contributed by atoms with E-state index in [9.17, 15) is 4.79 Å². The number of ether oxygens (including phenoxy) is 3. The van der Waals surface area contributed by atoms with Crippen LogP contribution in [0.2, 0.25) is 0 Å². The van der Waals surface area contributed by atoms with Gasteiger partial charge in [-0.15, -0.1) is 0 Å². The predicted octanol–water partition coefficient (Wildman–Crippen LogP) is 3.25. The molecule has 0 bridgehead atoms. The summed E-state index contributed by atoms with van der Waals surface area (Å²) < 4.78 is 16.4. The van der Waals surface area contributed by atoms with Gasteiger partial charge in [-0.1, -0.05) is 24.3 Å². The van der Waals surface area contributed by atoms with Gasteiger partial charge in [0, 0.05) is 6.08 Å². The highest BCUT2D eigenvalue weighted by atomic mass is 16.5. The summed E-state index contributed by atoms with van der Waals surface area (Å²) in [5.74, 6) is 0.911. The van der Waals surface area contributed by atoms with E-state index < -0.39 is 5.97 Å². The Bertz CT molecular complexity index is 664. The van der Waals surface area contributed by atoms with Gasteiger partial charge < -0.3 is 19.3 Å². The van der Waals surface area contributed by atoms with Crippen molar-refractivity contribution >= 4 is 12.0 Å². The first kappa shape index (κ1) is 16.4. The largest absolute Gasteiger partial charge is 0.493 e. The number of carboxylic acid groups (broad SMARTS) is 1. The van der Waals surface area contributed by atoms with Crippen molar-refractivity contribution in [2.75, 3.05) is 20.3 Å². The van der Waals surface area contributed by atoms with Crippen LogP contribution >= 0.6 is 0 Å². The summed E-state index contributed by atoms with van der Waals surface area (Å²) in [4.78, 5) is 10.5. The van der Waals surface area contributed by atoms with Gasteiger partial charge in [-0.05, 0) is 35.9 Å². The first-order chi connectivity index (χ1) is 11.2. The molecule has 0 saturated heterocycles. The fraction of sp³-hybridized carbons (Fsp3) is 0.167. The number of methoxy groups -OCH3 is 1. The second kappa shape index (κ2) is 8.48. The second-order valence-corrected chi connectivity index (χ2v) is 4.59. The molecule has 2 aromatic carbocycles. The van der Waals surface area contributed by atoms with E-state index in [1.165, 1.54) is 13.2 Å². The van der Waals surface area contributed by atoms with Gasteiger partial charge in [0.15, 0.2) is 11.5 Å². The summed E-state index contributed by atoms with van der Waals surface area (Å²) in [6.07, 6.45) is 2.57. The van der Waals surface area contributed by atoms with Crippen LogP contribution in [-0.4, -0.2) is 31.4 Å². The predicted molar refractivity (Wildman–Crippen MR) is 87.1 cm³/mol. The lowest BCUT2D eigenvalue weighted by Gasteiger charge is -2.12. The average Bonchev–Trinajstić information content (AvgIpc) is 2.58. The molecule has 0 amide bonds. The quantitative estimate of drug-likeness (QED) is 0.598. The molecular weight excluding hydrogens is 296 g/mol. The molecule has 2 aromatic rings. The summed E-state index contributed by atoms with van der Waals surface area (Å²) in [5, 5.41) is 8.64. The number of para-hydroxylation sites is 1. The lowest BCUT2D eigenvalue weighted by molar-refractivity contribution is -0.131. The third kappa shape index (κ3) is 5.39. The third-order valence-electron chi connectivity index (χ3n) is 2.96. The van der Waals surface area contributed by atoms with Crippen LogP contribution in [0.5, 0.6) is 17.2 Å². The van der Waals surface area contributed by atoms with Crippen molar-refractivity contribution in [3.63, 3.8) is 0 Å². The number of rotatable bonds is 8. The summed E-state index contributed by atoms with van der Waals surface area (Å²) >= 11 is 0. The van der Waals surface area contributed by atoms with E-state index in [0.717, 1.165) is 17.4 Å². The number of hydrogen-bond acceptors (Lipinski definition) is 4. The molecule has 2 rings (SSSR count). The molecule has 0 spiro atoms. The van der Waals surface area contributed by atoms with Gasteiger partial charge in [0.25, 0.3) is 0 Å². The minimum absolute atomic E-state index is 0.371. The van der Waals surface area contributed by atoms with Gasteiger partial charge in [0.1, 0.15) is 19.0 Å². The molecule has 0 fully saturated rings. The van der Waals surface area contributed by atoms with Crippen LogP contribution in [0.3, 0.4) is 0 Å². The summed E-state index contributed by atoms with van der Waals surface area (Å²) in [6, 6.07) is 14.7. The van der Waals surface area contributed by atoms with Gasteiger partial charge >= 0.3 is 5.97 Å². The van der Waals surface area contributed by atoms with Crippen LogP contribution in [-0.2, 0) is 4.79 Å². The van der Waals surface area contributed by atoms with Crippen molar-refractivity contribution in [1.82, 2.24) is 0 Å². The van der Waals surface area contributed by atoms with Crippen LogP contribution < -0.4 is 14.2 Å². The maximum absolute atomic E-state index is 10.5. The summed E-state index contributed by atoms with van der Waals surface area (Å²) in [6.45, 7) is 0.781. The van der Waals surface area contributed by atoms with Crippen LogP contribution in [0.1, 0.15) is 5.56 Å². The molecular formula is C18H18O5. The topological polar surface area (TPSA) is 65.0 Å². The normalized spacial score (nSPS) is 10.5. The molecule has 0 atom stereocenters. The lowest BCUT2D eigenvalue weighted by Crippen LogP contribution is -2.09. The fourth-order valence-corrected chi connectivity index (χ4v) is 1.90. The zero-order valence-electron chi connectivity index (χ0n) is 12.8. The number of carboxylic acids is 1. The highest BCUT2D eigenvalue weighted by Gasteiger charge is 2.05. The van der Waals surface area contributed by atoms with Crippen LogP contribution in [0, 0.1) is 0 Å². The van der Waals surface area contributed by atoms with Gasteiger partial charge in [0.05, 0.1) is 7.11 Å². The Hall–Kier alpha value is -2.95. The molecule has 5 heteroatoms. The number of carbonyl (C=O) groups is 1. The molecule has 0 unspecified atom stereocenters. The van der Waals surface area contributed by atoms with Crippen LogP contribution in [0.15, 0.2) is 54.6 Å². The smallest absolute Gasteiger partial charge is 0.328 e. The van der Waals surface area contributed by atoms with E-state index in [2.05, 4.69) is 0 Å². The minimum atomic E-state index is -0.998. The summed E-state index contributed by atoms with van der Waals surface area (Å²) in [7, 11) is 1.54. The van der Waals surface area contributed by atoms with E-state index >= 15 is 0 Å². The van der Waals surface area contributed by atoms with E-state index in [0.29, 0.717) is 24.7 Å². The van der Waals surface area contributed by atoms with E-state index in [1.54, 1.807) is 18.2 Å². The minimum Gasteiger partial charge on any atom is -0.493 e. The molecule has 23 heavy (non-hydrogen) atoms. The Balaban J connectivity index is 1.90. The molecule has 0 saturated carbocycles. The standard InChI is InChI=1S/C18H18O5/c1-21-17-13-14(8-10-18(19)20)7-9-16(17)23-12-11-22-15-5-3-2-4-6-15/h2-10,13H,11-12H2,1H3,(H,19,20). The number of hydrogen-bond donors (Lipinski definition) is 1. The fourth-order valence-electron chi connectivity index (χ4n) is 1.90. The van der Waals surface area contributed by atoms with Crippen LogP contribution in [0.25, 0.3) is 6.08 Å². The third-order valence-corrected chi connectivity index (χ3v) is 2.96. The van der Waals surface area contributed by atoms with Crippen LogP contribution in [0.4, 0.5) is 0 Å². The first-order valence-corrected chi connectivity index (χ1v) is 7.09. The summed E-state index contributed by atoms with van der Waals surface area (Å²) in [5.41, 5.74) is 0.720. The number of aliphatic carboxylic acids is 1. The zero-order valence-corrected chi connectivity index (χ0v) is 12.8. The van der Waals surface area contributed by atoms with E-state index in [4.69, 9.17) is 19.3 Å². The molecule has 0 aliphatic heterocycles. The van der Waals surface area contributed by atoms with Crippen molar-refractivity contribution in [3.05, 3.63) is 60.2 Å². The SMILES string of the molecule is COc1cc(C=CC(=O)O)ccc1OCCOc1ccccc1.